The van der Waals surface area contributed by atoms with Crippen LogP contribution >= 0.6 is 28.1 Å². The predicted molar refractivity (Wildman–Crippen MR) is 80.8 cm³/mol. The quantitative estimate of drug-likeness (QED) is 0.860. The topological polar surface area (TPSA) is 35.2 Å². The molecule has 0 amide bonds. The van der Waals surface area contributed by atoms with Crippen LogP contribution in [0.4, 0.5) is 4.39 Å². The second-order valence-corrected chi connectivity index (χ2v) is 5.24. The molecule has 2 N–H and O–H groups in total. The van der Waals surface area contributed by atoms with E-state index in [2.05, 4.69) is 15.9 Å². The van der Waals surface area contributed by atoms with Gasteiger partial charge in [-0.3, -0.25) is 0 Å². The van der Waals surface area contributed by atoms with Crippen LogP contribution in [0, 0.1) is 5.82 Å². The second kappa shape index (κ2) is 6.12. The Kier molecular flexibility index (Phi) is 4.50. The first-order valence-corrected chi connectivity index (χ1v) is 6.73. The van der Waals surface area contributed by atoms with E-state index in [1.807, 2.05) is 24.3 Å². The summed E-state index contributed by atoms with van der Waals surface area (Å²) in [5.74, 6) is -0.219. The number of rotatable bonds is 4. The van der Waals surface area contributed by atoms with Gasteiger partial charge >= 0.3 is 0 Å². The molecule has 0 heterocycles. The molecule has 0 aliphatic heterocycles. The van der Waals surface area contributed by atoms with Crippen molar-refractivity contribution in [1.82, 2.24) is 0 Å². The van der Waals surface area contributed by atoms with Crippen LogP contribution in [0.1, 0.15) is 11.1 Å². The van der Waals surface area contributed by atoms with Gasteiger partial charge in [-0.05, 0) is 23.8 Å². The van der Waals surface area contributed by atoms with Crippen molar-refractivity contribution in [2.24, 2.45) is 5.73 Å². The van der Waals surface area contributed by atoms with Crippen LogP contribution in [0.15, 0.2) is 46.9 Å². The van der Waals surface area contributed by atoms with Crippen molar-refractivity contribution >= 4 is 33.1 Å². The van der Waals surface area contributed by atoms with E-state index in [1.54, 1.807) is 12.1 Å². The summed E-state index contributed by atoms with van der Waals surface area (Å²) in [6.07, 6.45) is 0. The predicted octanol–water partition coefficient (Wildman–Crippen LogP) is 3.80. The molecule has 0 fully saturated rings. The van der Waals surface area contributed by atoms with Gasteiger partial charge in [-0.25, -0.2) is 4.39 Å². The van der Waals surface area contributed by atoms with Crippen LogP contribution in [0.5, 0.6) is 5.75 Å². The number of nitrogens with two attached hydrogens (primary N) is 1. The van der Waals surface area contributed by atoms with Gasteiger partial charge in [0, 0.05) is 10.0 Å². The van der Waals surface area contributed by atoms with E-state index in [9.17, 15) is 4.39 Å². The molecule has 2 rings (SSSR count). The fourth-order valence-corrected chi connectivity index (χ4v) is 2.17. The third kappa shape index (κ3) is 3.52. The Bertz CT molecular complexity index is 618. The molecule has 0 aliphatic carbocycles. The zero-order chi connectivity index (χ0) is 13.8. The summed E-state index contributed by atoms with van der Waals surface area (Å²) in [4.78, 5) is 0.300. The third-order valence-corrected chi connectivity index (χ3v) is 3.27. The van der Waals surface area contributed by atoms with Crippen molar-refractivity contribution < 1.29 is 9.13 Å². The molecular weight excluding hydrogens is 329 g/mol. The Balaban J connectivity index is 2.19. The molecule has 0 saturated heterocycles. The van der Waals surface area contributed by atoms with Crippen LogP contribution in [-0.2, 0) is 6.61 Å². The SMILES string of the molecule is NC(=S)c1ccccc1COc1cc(Br)ccc1F. The third-order valence-electron chi connectivity index (χ3n) is 2.56. The Morgan fingerprint density at radius 1 is 1.26 bits per heavy atom. The Morgan fingerprint density at radius 2 is 2.00 bits per heavy atom. The lowest BCUT2D eigenvalue weighted by Gasteiger charge is -2.11. The Morgan fingerprint density at radius 3 is 2.74 bits per heavy atom. The summed E-state index contributed by atoms with van der Waals surface area (Å²) in [6.45, 7) is 0.209. The first kappa shape index (κ1) is 14.0. The summed E-state index contributed by atoms with van der Waals surface area (Å²) in [7, 11) is 0. The van der Waals surface area contributed by atoms with E-state index in [4.69, 9.17) is 22.7 Å². The molecule has 0 saturated carbocycles. The van der Waals surface area contributed by atoms with Gasteiger partial charge in [-0.1, -0.05) is 52.4 Å². The number of hydrogen-bond donors (Lipinski definition) is 1. The molecule has 2 nitrogen and oxygen atoms in total. The summed E-state index contributed by atoms with van der Waals surface area (Å²) in [5.41, 5.74) is 7.20. The smallest absolute Gasteiger partial charge is 0.165 e. The molecule has 0 aromatic heterocycles. The fraction of sp³-hybridized carbons (Fsp3) is 0.0714. The molecule has 0 radical (unpaired) electrons. The van der Waals surface area contributed by atoms with Gasteiger partial charge in [0.25, 0.3) is 0 Å². The second-order valence-electron chi connectivity index (χ2n) is 3.88. The number of thiocarbonyl (C=S) groups is 1. The minimum Gasteiger partial charge on any atom is -0.486 e. The van der Waals surface area contributed by atoms with Crippen molar-refractivity contribution in [2.45, 2.75) is 6.61 Å². The highest BCUT2D eigenvalue weighted by Crippen LogP contribution is 2.23. The average Bonchev–Trinajstić information content (AvgIpc) is 2.40. The molecule has 0 aliphatic rings. The normalized spacial score (nSPS) is 10.2. The number of halogens is 2. The maximum atomic E-state index is 13.5. The first-order valence-electron chi connectivity index (χ1n) is 5.53. The minimum absolute atomic E-state index is 0.187. The summed E-state index contributed by atoms with van der Waals surface area (Å²) in [5, 5.41) is 0. The molecule has 0 unspecified atom stereocenters. The monoisotopic (exact) mass is 339 g/mol. The summed E-state index contributed by atoms with van der Waals surface area (Å²) < 4.78 is 19.8. The highest BCUT2D eigenvalue weighted by molar-refractivity contribution is 9.10. The van der Waals surface area contributed by atoms with E-state index >= 15 is 0 Å². The van der Waals surface area contributed by atoms with Gasteiger partial charge in [-0.2, -0.15) is 0 Å². The van der Waals surface area contributed by atoms with Crippen LogP contribution < -0.4 is 10.5 Å². The van der Waals surface area contributed by atoms with Crippen LogP contribution in [0.25, 0.3) is 0 Å². The highest BCUT2D eigenvalue weighted by atomic mass is 79.9. The van der Waals surface area contributed by atoms with Gasteiger partial charge in [-0.15, -0.1) is 0 Å². The molecule has 5 heteroatoms. The van der Waals surface area contributed by atoms with Gasteiger partial charge in [0.2, 0.25) is 0 Å². The van der Waals surface area contributed by atoms with Gasteiger partial charge in [0.15, 0.2) is 11.6 Å². The van der Waals surface area contributed by atoms with Crippen molar-refractivity contribution in [3.63, 3.8) is 0 Å². The molecule has 0 spiro atoms. The van der Waals surface area contributed by atoms with Crippen LogP contribution in [0.2, 0.25) is 0 Å². The molecule has 2 aromatic rings. The molecule has 0 bridgehead atoms. The first-order chi connectivity index (χ1) is 9.08. The average molecular weight is 340 g/mol. The van der Waals surface area contributed by atoms with Crippen molar-refractivity contribution in [1.29, 1.82) is 0 Å². The lowest BCUT2D eigenvalue weighted by atomic mass is 10.1. The van der Waals surface area contributed by atoms with Crippen LogP contribution in [0.3, 0.4) is 0 Å². The van der Waals surface area contributed by atoms with Gasteiger partial charge in [0.1, 0.15) is 11.6 Å². The number of hydrogen-bond acceptors (Lipinski definition) is 2. The summed E-state index contributed by atoms with van der Waals surface area (Å²) in [6, 6.07) is 11.9. The van der Waals surface area contributed by atoms with E-state index < -0.39 is 5.82 Å². The number of benzene rings is 2. The van der Waals surface area contributed by atoms with E-state index in [0.717, 1.165) is 15.6 Å². The molecule has 19 heavy (non-hydrogen) atoms. The van der Waals surface area contributed by atoms with Crippen molar-refractivity contribution in [2.75, 3.05) is 0 Å². The Labute approximate surface area is 124 Å². The minimum atomic E-state index is -0.406. The van der Waals surface area contributed by atoms with E-state index in [1.165, 1.54) is 6.07 Å². The van der Waals surface area contributed by atoms with E-state index in [-0.39, 0.29) is 12.4 Å². The summed E-state index contributed by atoms with van der Waals surface area (Å²) >= 11 is 8.24. The highest BCUT2D eigenvalue weighted by Gasteiger charge is 2.08. The van der Waals surface area contributed by atoms with Crippen molar-refractivity contribution in [3.8, 4) is 5.75 Å². The molecule has 0 atom stereocenters. The maximum absolute atomic E-state index is 13.5. The zero-order valence-electron chi connectivity index (χ0n) is 9.90. The zero-order valence-corrected chi connectivity index (χ0v) is 12.3. The fourth-order valence-electron chi connectivity index (χ4n) is 1.63. The maximum Gasteiger partial charge on any atom is 0.165 e. The number of ether oxygens (including phenoxy) is 1. The van der Waals surface area contributed by atoms with Gasteiger partial charge in [0.05, 0.1) is 0 Å². The lowest BCUT2D eigenvalue weighted by Crippen LogP contribution is -2.13. The lowest BCUT2D eigenvalue weighted by molar-refractivity contribution is 0.290. The van der Waals surface area contributed by atoms with Crippen molar-refractivity contribution in [3.05, 3.63) is 63.9 Å². The van der Waals surface area contributed by atoms with Crippen LogP contribution in [-0.4, -0.2) is 4.99 Å². The standard InChI is InChI=1S/C14H11BrFNOS/c15-10-5-6-12(16)13(7-10)18-8-9-3-1-2-4-11(9)14(17)19/h1-7H,8H2,(H2,17,19). The molecule has 2 aromatic carbocycles. The molecule has 98 valence electrons. The van der Waals surface area contributed by atoms with E-state index in [0.29, 0.717) is 4.99 Å². The van der Waals surface area contributed by atoms with Gasteiger partial charge < -0.3 is 10.5 Å². The largest absolute Gasteiger partial charge is 0.486 e. The molecular formula is C14H11BrFNOS. The Hall–Kier alpha value is -1.46.